The fourth-order valence-electron chi connectivity index (χ4n) is 1.62. The largest absolute Gasteiger partial charge is 0.426 e. The first-order valence-electron chi connectivity index (χ1n) is 4.66. The Kier molecular flexibility index (Phi) is 3.37. The first-order valence-corrected chi connectivity index (χ1v) is 6.10. The van der Waals surface area contributed by atoms with Crippen LogP contribution in [0.5, 0.6) is 0 Å². The van der Waals surface area contributed by atoms with Crippen molar-refractivity contribution in [2.45, 2.75) is 30.7 Å². The molecule has 0 saturated carbocycles. The van der Waals surface area contributed by atoms with E-state index >= 15 is 0 Å². The maximum atomic E-state index is 11.3. The summed E-state index contributed by atoms with van der Waals surface area (Å²) in [5.74, 6) is -0.598. The predicted octanol–water partition coefficient (Wildman–Crippen LogP) is 0.207. The molecular formula is C8H15NO5S. The highest BCUT2D eigenvalue weighted by Gasteiger charge is 2.49. The molecule has 88 valence electrons. The van der Waals surface area contributed by atoms with Crippen LogP contribution in [0.4, 0.5) is 0 Å². The molecule has 1 aliphatic heterocycles. The van der Waals surface area contributed by atoms with Gasteiger partial charge in [-0.1, -0.05) is 0 Å². The van der Waals surface area contributed by atoms with Crippen LogP contribution in [0, 0.1) is 0 Å². The van der Waals surface area contributed by atoms with Gasteiger partial charge in [0.15, 0.2) is 0 Å². The summed E-state index contributed by atoms with van der Waals surface area (Å²) in [4.78, 5) is 12.4. The molecule has 0 aromatic carbocycles. The third kappa shape index (κ3) is 2.30. The summed E-state index contributed by atoms with van der Waals surface area (Å²) in [6, 6.07) is 0. The molecule has 1 heterocycles. The van der Waals surface area contributed by atoms with E-state index in [2.05, 4.69) is 0 Å². The van der Waals surface area contributed by atoms with Gasteiger partial charge in [0.25, 0.3) is 5.06 Å². The fraction of sp³-hybridized carbons (Fsp3) is 0.875. The highest BCUT2D eigenvalue weighted by Crippen LogP contribution is 2.31. The van der Waals surface area contributed by atoms with Crippen LogP contribution in [-0.2, 0) is 19.6 Å². The molecule has 0 aromatic heterocycles. The summed E-state index contributed by atoms with van der Waals surface area (Å²) >= 11 is 0. The molecule has 0 aromatic rings. The lowest BCUT2D eigenvalue weighted by atomic mass is 10.2. The third-order valence-corrected chi connectivity index (χ3v) is 3.94. The zero-order valence-corrected chi connectivity index (χ0v) is 9.58. The summed E-state index contributed by atoms with van der Waals surface area (Å²) < 4.78 is 36.6. The van der Waals surface area contributed by atoms with Gasteiger partial charge in [-0.3, -0.25) is 14.2 Å². The average molecular weight is 237 g/mol. The van der Waals surface area contributed by atoms with Crippen LogP contribution in [0.15, 0.2) is 0 Å². The normalized spacial score (nSPS) is 28.7. The van der Waals surface area contributed by atoms with Crippen molar-refractivity contribution in [1.29, 1.82) is 0 Å². The van der Waals surface area contributed by atoms with Crippen LogP contribution in [0.25, 0.3) is 0 Å². The van der Waals surface area contributed by atoms with Gasteiger partial charge >= 0.3 is 16.1 Å². The van der Waals surface area contributed by atoms with Crippen LogP contribution in [-0.4, -0.2) is 43.0 Å². The maximum Gasteiger partial charge on any atom is 0.321 e. The zero-order chi connectivity index (χ0) is 11.7. The number of hydrogen-bond donors (Lipinski definition) is 1. The molecule has 1 aliphatic rings. The number of hydrogen-bond acceptors (Lipinski definition) is 5. The van der Waals surface area contributed by atoms with Crippen molar-refractivity contribution in [3.8, 4) is 0 Å². The summed E-state index contributed by atoms with van der Waals surface area (Å²) in [5.41, 5.74) is 0. The van der Waals surface area contributed by atoms with E-state index in [1.165, 1.54) is 19.0 Å². The minimum Gasteiger partial charge on any atom is -0.426 e. The summed E-state index contributed by atoms with van der Waals surface area (Å²) in [5, 5.41) is -1.92. The predicted molar refractivity (Wildman–Crippen MR) is 52.5 cm³/mol. The lowest BCUT2D eigenvalue weighted by Gasteiger charge is -2.34. The van der Waals surface area contributed by atoms with Gasteiger partial charge in [0, 0.05) is 12.8 Å². The molecule has 1 fully saturated rings. The number of carbonyl (C=O) groups excluding carboxylic acids is 1. The zero-order valence-electron chi connectivity index (χ0n) is 8.76. The van der Waals surface area contributed by atoms with Crippen LogP contribution in [0.1, 0.15) is 25.7 Å². The number of carbonyl (C=O) groups is 1. The van der Waals surface area contributed by atoms with E-state index in [1.54, 1.807) is 0 Å². The number of nitrogens with zero attached hydrogens (tertiary/aromatic N) is 1. The van der Waals surface area contributed by atoms with E-state index in [0.29, 0.717) is 12.8 Å². The molecule has 0 radical (unpaired) electrons. The molecule has 15 heavy (non-hydrogen) atoms. The topological polar surface area (TPSA) is 83.9 Å². The Balaban J connectivity index is 3.15. The van der Waals surface area contributed by atoms with Crippen LogP contribution >= 0.6 is 0 Å². The second-order valence-corrected chi connectivity index (χ2v) is 5.35. The van der Waals surface area contributed by atoms with Gasteiger partial charge in [-0.2, -0.15) is 8.42 Å². The molecule has 6 nitrogen and oxygen atoms in total. The monoisotopic (exact) mass is 237 g/mol. The minimum atomic E-state index is -4.46. The average Bonchev–Trinajstić information content (AvgIpc) is 2.26. The summed E-state index contributed by atoms with van der Waals surface area (Å²) in [6.07, 6.45) is 1.36. The smallest absolute Gasteiger partial charge is 0.321 e. The minimum absolute atomic E-state index is 0.0879. The van der Waals surface area contributed by atoms with Crippen LogP contribution < -0.4 is 0 Å². The highest BCUT2D eigenvalue weighted by atomic mass is 32.2. The second kappa shape index (κ2) is 4.07. The summed E-state index contributed by atoms with van der Waals surface area (Å²) in [7, 11) is -1.56. The lowest BCUT2D eigenvalue weighted by molar-refractivity contribution is -0.162. The van der Waals surface area contributed by atoms with Crippen molar-refractivity contribution in [2.75, 3.05) is 14.1 Å². The number of cyclic esters (lactones) is 1. The van der Waals surface area contributed by atoms with Crippen molar-refractivity contribution >= 4 is 16.1 Å². The first-order chi connectivity index (χ1) is 6.79. The Morgan fingerprint density at radius 1 is 1.40 bits per heavy atom. The van der Waals surface area contributed by atoms with E-state index < -0.39 is 21.1 Å². The Morgan fingerprint density at radius 3 is 2.47 bits per heavy atom. The van der Waals surface area contributed by atoms with Gasteiger partial charge in [0.2, 0.25) is 0 Å². The molecule has 1 atom stereocenters. The standard InChI is InChI=1S/C8H15NO5S/c1-9(2)8(15(11,12)13)6-4-3-5-7(10)14-8/h3-6H2,1-2H3,(H,11,12,13). The highest BCUT2D eigenvalue weighted by molar-refractivity contribution is 7.87. The Labute approximate surface area is 89.0 Å². The molecule has 0 aliphatic carbocycles. The Hall–Kier alpha value is -0.660. The first kappa shape index (κ1) is 12.4. The Morgan fingerprint density at radius 2 is 2.00 bits per heavy atom. The number of rotatable bonds is 2. The van der Waals surface area contributed by atoms with E-state index in [0.717, 1.165) is 0 Å². The Bertz CT molecular complexity index is 350. The number of esters is 1. The van der Waals surface area contributed by atoms with Crippen LogP contribution in [0.2, 0.25) is 0 Å². The van der Waals surface area contributed by atoms with Gasteiger partial charge in [0.1, 0.15) is 0 Å². The van der Waals surface area contributed by atoms with E-state index in [4.69, 9.17) is 9.29 Å². The van der Waals surface area contributed by atoms with Gasteiger partial charge in [0.05, 0.1) is 0 Å². The van der Waals surface area contributed by atoms with E-state index in [-0.39, 0.29) is 12.8 Å². The SMILES string of the molecule is CN(C)C1(S(=O)(=O)O)CCCCC(=O)O1. The molecule has 1 N–H and O–H groups in total. The van der Waals surface area contributed by atoms with Gasteiger partial charge in [-0.25, -0.2) is 0 Å². The third-order valence-electron chi connectivity index (χ3n) is 2.48. The molecular weight excluding hydrogens is 222 g/mol. The van der Waals surface area contributed by atoms with Gasteiger partial charge < -0.3 is 4.74 Å². The fourth-order valence-corrected chi connectivity index (χ4v) is 2.69. The van der Waals surface area contributed by atoms with Crippen molar-refractivity contribution in [3.63, 3.8) is 0 Å². The van der Waals surface area contributed by atoms with Crippen molar-refractivity contribution in [2.24, 2.45) is 0 Å². The van der Waals surface area contributed by atoms with E-state index in [1.807, 2.05) is 0 Å². The van der Waals surface area contributed by atoms with Crippen molar-refractivity contribution < 1.29 is 22.5 Å². The van der Waals surface area contributed by atoms with E-state index in [9.17, 15) is 13.2 Å². The lowest BCUT2D eigenvalue weighted by Crippen LogP contribution is -2.53. The van der Waals surface area contributed by atoms with Crippen molar-refractivity contribution in [1.82, 2.24) is 4.90 Å². The van der Waals surface area contributed by atoms with Crippen molar-refractivity contribution in [3.05, 3.63) is 0 Å². The van der Waals surface area contributed by atoms with Gasteiger partial charge in [-0.05, 0) is 26.9 Å². The number of ether oxygens (including phenoxy) is 1. The summed E-state index contributed by atoms with van der Waals surface area (Å²) in [6.45, 7) is 0. The van der Waals surface area contributed by atoms with Crippen LogP contribution in [0.3, 0.4) is 0 Å². The molecule has 0 spiro atoms. The second-order valence-electron chi connectivity index (χ2n) is 3.76. The maximum absolute atomic E-state index is 11.3. The molecule has 0 bridgehead atoms. The molecule has 7 heteroatoms. The van der Waals surface area contributed by atoms with Gasteiger partial charge in [-0.15, -0.1) is 0 Å². The quantitative estimate of drug-likeness (QED) is 0.546. The molecule has 1 unspecified atom stereocenters. The molecule has 0 amide bonds. The molecule has 1 saturated heterocycles. The molecule has 1 rings (SSSR count).